The summed E-state index contributed by atoms with van der Waals surface area (Å²) in [6.45, 7) is 2.59. The predicted octanol–water partition coefficient (Wildman–Crippen LogP) is 4.93. The molecule has 1 aromatic carbocycles. The largest absolute Gasteiger partial charge is 0.493 e. The average molecular weight is 354 g/mol. The molecule has 1 amide bonds. The minimum Gasteiger partial charge on any atom is -0.493 e. The lowest BCUT2D eigenvalue weighted by Gasteiger charge is -2.27. The lowest BCUT2D eigenvalue weighted by molar-refractivity contribution is 0.0717. The van der Waals surface area contributed by atoms with Gasteiger partial charge in [-0.25, -0.2) is 0 Å². The van der Waals surface area contributed by atoms with E-state index in [0.29, 0.717) is 34.7 Å². The monoisotopic (exact) mass is 353 g/mol. The molecule has 1 aromatic rings. The summed E-state index contributed by atoms with van der Waals surface area (Å²) in [7, 11) is 3.45. The Morgan fingerprint density at radius 2 is 1.92 bits per heavy atom. The molecule has 4 nitrogen and oxygen atoms in total. The lowest BCUT2D eigenvalue weighted by atomic mass is 10.1. The molecule has 5 heteroatoms. The summed E-state index contributed by atoms with van der Waals surface area (Å²) in [5.41, 5.74) is 0.549. The van der Waals surface area contributed by atoms with Gasteiger partial charge in [-0.3, -0.25) is 4.79 Å². The van der Waals surface area contributed by atoms with E-state index in [0.717, 1.165) is 19.3 Å². The van der Waals surface area contributed by atoms with Crippen molar-refractivity contribution in [2.45, 2.75) is 57.9 Å². The van der Waals surface area contributed by atoms with E-state index >= 15 is 0 Å². The highest BCUT2D eigenvalue weighted by molar-refractivity contribution is 6.32. The lowest BCUT2D eigenvalue weighted by Crippen LogP contribution is -2.36. The van der Waals surface area contributed by atoms with E-state index in [1.54, 1.807) is 19.2 Å². The Hall–Kier alpha value is -1.42. The van der Waals surface area contributed by atoms with Crippen molar-refractivity contribution >= 4 is 17.5 Å². The zero-order chi connectivity index (χ0) is 17.5. The quantitative estimate of drug-likeness (QED) is 0.680. The SMILES string of the molecule is CCCOc1c(Cl)cc(C(=O)N(C)C2CCCCCC2)cc1OC. The summed E-state index contributed by atoms with van der Waals surface area (Å²) in [6.07, 6.45) is 7.94. The van der Waals surface area contributed by atoms with E-state index in [4.69, 9.17) is 21.1 Å². The van der Waals surface area contributed by atoms with Gasteiger partial charge in [-0.05, 0) is 31.4 Å². The summed E-state index contributed by atoms with van der Waals surface area (Å²) >= 11 is 6.33. The first-order valence-electron chi connectivity index (χ1n) is 8.86. The Bertz CT molecular complexity index is 554. The number of benzene rings is 1. The van der Waals surface area contributed by atoms with Gasteiger partial charge in [0.05, 0.1) is 18.7 Å². The first kappa shape index (κ1) is 18.9. The third kappa shape index (κ3) is 4.56. The Kier molecular flexibility index (Phi) is 7.22. The maximum atomic E-state index is 12.9. The van der Waals surface area contributed by atoms with Crippen molar-refractivity contribution < 1.29 is 14.3 Å². The van der Waals surface area contributed by atoms with Gasteiger partial charge in [0.15, 0.2) is 11.5 Å². The zero-order valence-electron chi connectivity index (χ0n) is 14.9. The molecule has 0 saturated heterocycles. The third-order valence-electron chi connectivity index (χ3n) is 4.62. The molecule has 0 bridgehead atoms. The van der Waals surface area contributed by atoms with Crippen LogP contribution in [0, 0.1) is 0 Å². The van der Waals surface area contributed by atoms with Gasteiger partial charge in [0, 0.05) is 18.7 Å². The Labute approximate surface area is 150 Å². The molecule has 1 aliphatic rings. The van der Waals surface area contributed by atoms with Crippen LogP contribution < -0.4 is 9.47 Å². The van der Waals surface area contributed by atoms with Crippen LogP contribution in [-0.2, 0) is 0 Å². The molecule has 1 fully saturated rings. The number of rotatable bonds is 6. The summed E-state index contributed by atoms with van der Waals surface area (Å²) in [5.74, 6) is 1.01. The van der Waals surface area contributed by atoms with Crippen molar-refractivity contribution in [2.75, 3.05) is 20.8 Å². The highest BCUT2D eigenvalue weighted by atomic mass is 35.5. The van der Waals surface area contributed by atoms with Gasteiger partial charge in [0.2, 0.25) is 0 Å². The molecular formula is C19H28ClNO3. The highest BCUT2D eigenvalue weighted by Crippen LogP contribution is 2.37. The topological polar surface area (TPSA) is 38.8 Å². The number of ether oxygens (including phenoxy) is 2. The Morgan fingerprint density at radius 1 is 1.25 bits per heavy atom. The van der Waals surface area contributed by atoms with E-state index in [9.17, 15) is 4.79 Å². The van der Waals surface area contributed by atoms with Gasteiger partial charge in [-0.2, -0.15) is 0 Å². The molecule has 0 aliphatic heterocycles. The maximum Gasteiger partial charge on any atom is 0.254 e. The number of amides is 1. The number of carbonyl (C=O) groups excluding carboxylic acids is 1. The zero-order valence-corrected chi connectivity index (χ0v) is 15.7. The van der Waals surface area contributed by atoms with Gasteiger partial charge < -0.3 is 14.4 Å². The third-order valence-corrected chi connectivity index (χ3v) is 4.90. The standard InChI is InChI=1S/C19H28ClNO3/c1-4-11-24-18-16(20)12-14(13-17(18)23-3)19(22)21(2)15-9-7-5-6-8-10-15/h12-13,15H,4-11H2,1-3H3. The Morgan fingerprint density at radius 3 is 2.50 bits per heavy atom. The summed E-state index contributed by atoms with van der Waals surface area (Å²) in [5, 5.41) is 0.417. The highest BCUT2D eigenvalue weighted by Gasteiger charge is 2.24. The first-order chi connectivity index (χ1) is 11.6. The van der Waals surface area contributed by atoms with Crippen molar-refractivity contribution in [2.24, 2.45) is 0 Å². The number of nitrogens with zero attached hydrogens (tertiary/aromatic N) is 1. The number of halogens is 1. The van der Waals surface area contributed by atoms with Crippen LogP contribution in [0.25, 0.3) is 0 Å². The molecule has 0 N–H and O–H groups in total. The summed E-state index contributed by atoms with van der Waals surface area (Å²) in [6, 6.07) is 3.72. The molecule has 0 unspecified atom stereocenters. The molecule has 1 aliphatic carbocycles. The minimum atomic E-state index is -0.0101. The van der Waals surface area contributed by atoms with Gasteiger partial charge in [0.1, 0.15) is 0 Å². The van der Waals surface area contributed by atoms with E-state index in [1.165, 1.54) is 25.7 Å². The van der Waals surface area contributed by atoms with E-state index < -0.39 is 0 Å². The second kappa shape index (κ2) is 9.16. The van der Waals surface area contributed by atoms with Crippen molar-refractivity contribution in [3.63, 3.8) is 0 Å². The molecule has 0 aromatic heterocycles. The molecule has 0 atom stereocenters. The van der Waals surface area contributed by atoms with Crippen LogP contribution in [0.5, 0.6) is 11.5 Å². The smallest absolute Gasteiger partial charge is 0.254 e. The van der Waals surface area contributed by atoms with Gasteiger partial charge in [-0.1, -0.05) is 44.2 Å². The molecule has 24 heavy (non-hydrogen) atoms. The normalized spacial score (nSPS) is 15.7. The van der Waals surface area contributed by atoms with Gasteiger partial charge in [0.25, 0.3) is 5.91 Å². The van der Waals surface area contributed by atoms with E-state index in [2.05, 4.69) is 0 Å². The van der Waals surface area contributed by atoms with E-state index in [-0.39, 0.29) is 5.91 Å². The van der Waals surface area contributed by atoms with Crippen LogP contribution in [0.1, 0.15) is 62.2 Å². The van der Waals surface area contributed by atoms with Crippen LogP contribution >= 0.6 is 11.6 Å². The molecule has 0 heterocycles. The van der Waals surface area contributed by atoms with Crippen LogP contribution in [0.4, 0.5) is 0 Å². The summed E-state index contributed by atoms with van der Waals surface area (Å²) in [4.78, 5) is 14.7. The van der Waals surface area contributed by atoms with Crippen LogP contribution in [0.3, 0.4) is 0 Å². The number of hydrogen-bond acceptors (Lipinski definition) is 3. The van der Waals surface area contributed by atoms with Crippen molar-refractivity contribution in [3.05, 3.63) is 22.7 Å². The predicted molar refractivity (Wildman–Crippen MR) is 97.4 cm³/mol. The number of carbonyl (C=O) groups is 1. The fraction of sp³-hybridized carbons (Fsp3) is 0.632. The maximum absolute atomic E-state index is 12.9. The van der Waals surface area contributed by atoms with Crippen molar-refractivity contribution in [1.82, 2.24) is 4.90 Å². The summed E-state index contributed by atoms with van der Waals surface area (Å²) < 4.78 is 11.0. The Balaban J connectivity index is 2.20. The van der Waals surface area contributed by atoms with Crippen LogP contribution in [0.15, 0.2) is 12.1 Å². The number of methoxy groups -OCH3 is 1. The fourth-order valence-electron chi connectivity index (χ4n) is 3.20. The molecule has 134 valence electrons. The van der Waals surface area contributed by atoms with Crippen LogP contribution in [-0.4, -0.2) is 37.6 Å². The second-order valence-electron chi connectivity index (χ2n) is 6.40. The average Bonchev–Trinajstić information content (AvgIpc) is 2.88. The van der Waals surface area contributed by atoms with Gasteiger partial charge in [-0.15, -0.1) is 0 Å². The number of hydrogen-bond donors (Lipinski definition) is 0. The minimum absolute atomic E-state index is 0.0101. The van der Waals surface area contributed by atoms with Crippen molar-refractivity contribution in [3.8, 4) is 11.5 Å². The van der Waals surface area contributed by atoms with Crippen molar-refractivity contribution in [1.29, 1.82) is 0 Å². The molecule has 0 spiro atoms. The molecule has 0 radical (unpaired) electrons. The van der Waals surface area contributed by atoms with Crippen LogP contribution in [0.2, 0.25) is 5.02 Å². The first-order valence-corrected chi connectivity index (χ1v) is 9.23. The molecule has 1 saturated carbocycles. The second-order valence-corrected chi connectivity index (χ2v) is 6.81. The molecule has 2 rings (SSSR count). The molecular weight excluding hydrogens is 326 g/mol. The van der Waals surface area contributed by atoms with Gasteiger partial charge >= 0.3 is 0 Å². The fourth-order valence-corrected chi connectivity index (χ4v) is 3.47. The van der Waals surface area contributed by atoms with E-state index in [1.807, 2.05) is 18.9 Å².